The first-order valence-corrected chi connectivity index (χ1v) is 30.5. The Bertz CT molecular complexity index is 989. The lowest BCUT2D eigenvalue weighted by molar-refractivity contribution is -0.183. The van der Waals surface area contributed by atoms with Crippen molar-refractivity contribution in [2.45, 2.75) is 168 Å². The molecule has 0 aromatic carbocycles. The summed E-state index contributed by atoms with van der Waals surface area (Å²) in [6.07, 6.45) is 11.6. The second-order valence-electron chi connectivity index (χ2n) is 18.7. The van der Waals surface area contributed by atoms with Crippen LogP contribution >= 0.6 is 0 Å². The summed E-state index contributed by atoms with van der Waals surface area (Å²) < 4.78 is 28.5. The molecule has 0 spiro atoms. The van der Waals surface area contributed by atoms with E-state index in [1.165, 1.54) is 25.7 Å². The topological polar surface area (TPSA) is 36.9 Å². The third kappa shape index (κ3) is 7.00. The van der Waals surface area contributed by atoms with Crippen molar-refractivity contribution in [1.82, 2.24) is 0 Å². The molecule has 0 heterocycles. The van der Waals surface area contributed by atoms with E-state index in [1.54, 1.807) is 5.57 Å². The average molecular weight is 639 g/mol. The molecule has 0 aromatic heterocycles. The second-order valence-corrected chi connectivity index (χ2v) is 36.5. The molecule has 0 aliphatic heterocycles. The lowest BCUT2D eigenvalue weighted by Gasteiger charge is -2.64. The van der Waals surface area contributed by atoms with Gasteiger partial charge in [0.25, 0.3) is 0 Å². The highest BCUT2D eigenvalue weighted by atomic mass is 28.4. The van der Waals surface area contributed by atoms with Crippen molar-refractivity contribution >= 4 is 33.3 Å². The molecule has 0 N–H and O–H groups in total. The molecule has 8 heteroatoms. The molecule has 0 aromatic rings. The zero-order valence-corrected chi connectivity index (χ0v) is 33.6. The van der Waals surface area contributed by atoms with Crippen molar-refractivity contribution in [3.05, 3.63) is 11.6 Å². The first-order valence-electron chi connectivity index (χ1n) is 16.8. The van der Waals surface area contributed by atoms with Gasteiger partial charge in [-0.3, -0.25) is 0 Å². The largest absolute Gasteiger partial charge is 0.414 e. The SMILES string of the molecule is CC(O[Si](C)(C)C)[C@]1(O[Si](C)(C)C)CC[C@H]2[C@@H]3CC=C4C[C@@H](O[Si](C)(C)C)CC[C@]4(C)[C@H]3[C@@H](O[Si](C)(C)C)C[C@@]21C. The van der Waals surface area contributed by atoms with Gasteiger partial charge in [0.05, 0.1) is 11.7 Å². The number of hydrogen-bond donors (Lipinski definition) is 0. The molecule has 1 unspecified atom stereocenters. The summed E-state index contributed by atoms with van der Waals surface area (Å²) >= 11 is 0. The molecule has 3 fully saturated rings. The minimum absolute atomic E-state index is 0.0394. The van der Waals surface area contributed by atoms with Crippen LogP contribution in [-0.2, 0) is 17.7 Å². The maximum Gasteiger partial charge on any atom is 0.184 e. The van der Waals surface area contributed by atoms with Gasteiger partial charge in [0.1, 0.15) is 0 Å². The van der Waals surface area contributed by atoms with Gasteiger partial charge in [-0.15, -0.1) is 0 Å². The maximum atomic E-state index is 7.48. The Morgan fingerprint density at radius 3 is 1.93 bits per heavy atom. The summed E-state index contributed by atoms with van der Waals surface area (Å²) in [4.78, 5) is 0. The average Bonchev–Trinajstić information content (AvgIpc) is 3.02. The van der Waals surface area contributed by atoms with Crippen LogP contribution in [0.15, 0.2) is 11.6 Å². The molecule has 9 atom stereocenters. The minimum Gasteiger partial charge on any atom is -0.414 e. The molecule has 4 nitrogen and oxygen atoms in total. The van der Waals surface area contributed by atoms with E-state index in [1.807, 2.05) is 0 Å². The zero-order chi connectivity index (χ0) is 31.0. The van der Waals surface area contributed by atoms with Crippen LogP contribution in [0.5, 0.6) is 0 Å². The minimum atomic E-state index is -1.86. The number of fused-ring (bicyclic) bond motifs is 5. The predicted octanol–water partition coefficient (Wildman–Crippen LogP) is 9.83. The van der Waals surface area contributed by atoms with Crippen LogP contribution < -0.4 is 0 Å². The van der Waals surface area contributed by atoms with Gasteiger partial charge in [-0.25, -0.2) is 0 Å². The molecule has 0 amide bonds. The van der Waals surface area contributed by atoms with E-state index in [2.05, 4.69) is 105 Å². The highest BCUT2D eigenvalue weighted by Crippen LogP contribution is 2.69. The fraction of sp³-hybridized carbons (Fsp3) is 0.939. The summed E-state index contributed by atoms with van der Waals surface area (Å²) in [6, 6.07) is 0. The lowest BCUT2D eigenvalue weighted by atomic mass is 9.46. The number of rotatable bonds is 9. The molecule has 0 radical (unpaired) electrons. The van der Waals surface area contributed by atoms with Crippen molar-refractivity contribution in [1.29, 1.82) is 0 Å². The summed E-state index contributed by atoms with van der Waals surface area (Å²) in [6.45, 7) is 35.9. The van der Waals surface area contributed by atoms with Crippen LogP contribution in [0.2, 0.25) is 78.6 Å². The molecule has 238 valence electrons. The molecule has 4 aliphatic rings. The molecule has 4 rings (SSSR count). The summed E-state index contributed by atoms with van der Waals surface area (Å²) in [5, 5.41) is 0. The van der Waals surface area contributed by atoms with Crippen LogP contribution in [0, 0.1) is 28.6 Å². The van der Waals surface area contributed by atoms with Gasteiger partial charge in [-0.2, -0.15) is 0 Å². The zero-order valence-electron chi connectivity index (χ0n) is 29.6. The Morgan fingerprint density at radius 1 is 0.780 bits per heavy atom. The van der Waals surface area contributed by atoms with E-state index in [0.717, 1.165) is 19.3 Å². The molecule has 41 heavy (non-hydrogen) atoms. The monoisotopic (exact) mass is 638 g/mol. The maximum absolute atomic E-state index is 7.48. The van der Waals surface area contributed by atoms with Crippen molar-refractivity contribution < 1.29 is 17.7 Å². The van der Waals surface area contributed by atoms with Crippen LogP contribution in [0.1, 0.15) is 65.7 Å². The number of hydrogen-bond acceptors (Lipinski definition) is 4. The van der Waals surface area contributed by atoms with E-state index in [0.29, 0.717) is 23.9 Å². The number of allylic oxidation sites excluding steroid dienone is 1. The Balaban J connectivity index is 1.78. The third-order valence-corrected chi connectivity index (χ3v) is 14.9. The van der Waals surface area contributed by atoms with E-state index in [9.17, 15) is 0 Å². The quantitative estimate of drug-likeness (QED) is 0.186. The summed E-state index contributed by atoms with van der Waals surface area (Å²) in [5.74, 6) is 1.86. The highest BCUT2D eigenvalue weighted by Gasteiger charge is 2.69. The fourth-order valence-corrected chi connectivity index (χ4v) is 15.2. The Labute approximate surface area is 258 Å². The van der Waals surface area contributed by atoms with Crippen LogP contribution in [0.25, 0.3) is 0 Å². The van der Waals surface area contributed by atoms with Gasteiger partial charge < -0.3 is 17.7 Å². The highest BCUT2D eigenvalue weighted by molar-refractivity contribution is 6.71. The Hall–Kier alpha value is 0.448. The Morgan fingerprint density at radius 2 is 1.39 bits per heavy atom. The van der Waals surface area contributed by atoms with Gasteiger partial charge in [0.2, 0.25) is 0 Å². The van der Waals surface area contributed by atoms with Gasteiger partial charge in [0.15, 0.2) is 33.3 Å². The van der Waals surface area contributed by atoms with E-state index in [4.69, 9.17) is 17.7 Å². The second kappa shape index (κ2) is 11.1. The standard InChI is InChI=1S/C33H66O4Si4/c1-24(34-38(4,5)6)33(37-41(13,14)15)21-19-28-27-17-16-25-22-26(35-39(7,8)9)18-20-31(25,2)30(27)29(23-32(28,33)3)36-40(10,11)12/h16,24,26-30H,17-23H2,1-15H3/t24?,26-,27-,28-,29-,30+,31-,32-,33+/m0/s1. The van der Waals surface area contributed by atoms with Gasteiger partial charge in [-0.1, -0.05) is 25.5 Å². The molecule has 0 bridgehead atoms. The predicted molar refractivity (Wildman–Crippen MR) is 185 cm³/mol. The van der Waals surface area contributed by atoms with Crippen LogP contribution in [0.3, 0.4) is 0 Å². The van der Waals surface area contributed by atoms with Gasteiger partial charge in [0, 0.05) is 17.6 Å². The smallest absolute Gasteiger partial charge is 0.184 e. The fourth-order valence-electron chi connectivity index (χ4n) is 10.0. The van der Waals surface area contributed by atoms with Crippen molar-refractivity contribution in [3.63, 3.8) is 0 Å². The van der Waals surface area contributed by atoms with Gasteiger partial charge >= 0.3 is 0 Å². The van der Waals surface area contributed by atoms with Gasteiger partial charge in [-0.05, 0) is 154 Å². The first-order chi connectivity index (χ1) is 18.4. The Kier molecular flexibility index (Phi) is 9.26. The van der Waals surface area contributed by atoms with Crippen LogP contribution in [0.4, 0.5) is 0 Å². The lowest BCUT2D eigenvalue weighted by Crippen LogP contribution is -2.66. The van der Waals surface area contributed by atoms with Crippen molar-refractivity contribution in [2.24, 2.45) is 28.6 Å². The normalized spacial score (nSPS) is 40.9. The van der Waals surface area contributed by atoms with Crippen molar-refractivity contribution in [3.8, 4) is 0 Å². The molecular weight excluding hydrogens is 573 g/mol. The van der Waals surface area contributed by atoms with Crippen LogP contribution in [-0.4, -0.2) is 57.2 Å². The molecule has 3 saturated carbocycles. The molecule has 0 saturated heterocycles. The molecule has 4 aliphatic carbocycles. The van der Waals surface area contributed by atoms with E-state index < -0.39 is 33.3 Å². The summed E-state index contributed by atoms with van der Waals surface area (Å²) in [7, 11) is -6.96. The third-order valence-electron chi connectivity index (χ3n) is 10.9. The van der Waals surface area contributed by atoms with E-state index in [-0.39, 0.29) is 28.6 Å². The van der Waals surface area contributed by atoms with E-state index >= 15 is 0 Å². The summed E-state index contributed by atoms with van der Waals surface area (Å²) in [5.41, 5.74) is 1.68. The first kappa shape index (κ1) is 34.3. The van der Waals surface area contributed by atoms with Crippen molar-refractivity contribution in [2.75, 3.05) is 0 Å². The molecular formula is C33H66O4Si4.